The molecule has 5 N–H and O–H groups in total. The maximum absolute atomic E-state index is 13.0. The lowest BCUT2D eigenvalue weighted by atomic mass is 10.0. The van der Waals surface area contributed by atoms with Crippen LogP contribution in [0.1, 0.15) is 10.4 Å². The van der Waals surface area contributed by atoms with Crippen LogP contribution in [0.25, 0.3) is 21.8 Å². The third kappa shape index (κ3) is 5.41. The Morgan fingerprint density at radius 1 is 0.765 bits per heavy atom. The zero-order chi connectivity index (χ0) is 23.8. The van der Waals surface area contributed by atoms with Crippen LogP contribution >= 0.6 is 0 Å². The molecule has 8 nitrogen and oxygen atoms in total. The minimum absolute atomic E-state index is 0.236. The molecule has 0 aliphatic carbocycles. The van der Waals surface area contributed by atoms with E-state index in [1.807, 2.05) is 61.6 Å². The van der Waals surface area contributed by atoms with E-state index in [9.17, 15) is 9.59 Å². The van der Waals surface area contributed by atoms with Gasteiger partial charge in [0.25, 0.3) is 5.91 Å². The molecule has 3 amide bonds. The van der Waals surface area contributed by atoms with Gasteiger partial charge in [-0.05, 0) is 31.3 Å². The van der Waals surface area contributed by atoms with E-state index in [4.69, 9.17) is 4.98 Å². The van der Waals surface area contributed by atoms with E-state index in [1.165, 1.54) is 0 Å². The maximum atomic E-state index is 13.0. The molecule has 4 rings (SSSR count). The van der Waals surface area contributed by atoms with Gasteiger partial charge in [0.1, 0.15) is 0 Å². The van der Waals surface area contributed by atoms with E-state index in [2.05, 4.69) is 26.6 Å². The van der Waals surface area contributed by atoms with Gasteiger partial charge in [0.15, 0.2) is 0 Å². The normalized spacial score (nSPS) is 10.7. The van der Waals surface area contributed by atoms with Crippen LogP contribution in [0.3, 0.4) is 0 Å². The van der Waals surface area contributed by atoms with Crippen LogP contribution in [0.5, 0.6) is 0 Å². The number of para-hydroxylation sites is 3. The summed E-state index contributed by atoms with van der Waals surface area (Å²) in [5.41, 5.74) is 3.62. The minimum atomic E-state index is -0.323. The number of carbonyl (C=O) groups is 2. The second-order valence-corrected chi connectivity index (χ2v) is 7.74. The van der Waals surface area contributed by atoms with Crippen molar-refractivity contribution in [3.05, 3.63) is 78.4 Å². The number of fused-ring (bicyclic) bond motifs is 2. The van der Waals surface area contributed by atoms with E-state index in [-0.39, 0.29) is 18.5 Å². The zero-order valence-corrected chi connectivity index (χ0v) is 19.0. The van der Waals surface area contributed by atoms with Gasteiger partial charge in [-0.15, -0.1) is 0 Å². The van der Waals surface area contributed by atoms with Crippen LogP contribution in [-0.4, -0.2) is 50.1 Å². The molecule has 0 atom stereocenters. The third-order valence-corrected chi connectivity index (χ3v) is 5.36. The summed E-state index contributed by atoms with van der Waals surface area (Å²) < 4.78 is 0. The monoisotopic (exact) mass is 456 g/mol. The second-order valence-electron chi connectivity index (χ2n) is 7.74. The van der Waals surface area contributed by atoms with E-state index in [0.29, 0.717) is 23.3 Å². The molecule has 3 aromatic carbocycles. The van der Waals surface area contributed by atoms with Crippen molar-refractivity contribution < 1.29 is 9.59 Å². The molecule has 0 unspecified atom stereocenters. The Balaban J connectivity index is 1.47. The van der Waals surface area contributed by atoms with Crippen molar-refractivity contribution in [3.8, 4) is 0 Å². The Labute approximate surface area is 198 Å². The first kappa shape index (κ1) is 23.0. The number of urea groups is 1. The molecule has 0 bridgehead atoms. The Bertz CT molecular complexity index is 1290. The van der Waals surface area contributed by atoms with Gasteiger partial charge in [0.2, 0.25) is 0 Å². The number of nitrogens with zero attached hydrogens (tertiary/aromatic N) is 1. The van der Waals surface area contributed by atoms with E-state index < -0.39 is 0 Å². The minimum Gasteiger partial charge on any atom is -0.383 e. The lowest BCUT2D eigenvalue weighted by Crippen LogP contribution is -2.36. The molecule has 0 saturated heterocycles. The number of carbonyl (C=O) groups excluding carboxylic acids is 2. The molecular formula is C26H28N6O2. The van der Waals surface area contributed by atoms with Gasteiger partial charge in [-0.1, -0.05) is 48.5 Å². The highest BCUT2D eigenvalue weighted by Crippen LogP contribution is 2.32. The summed E-state index contributed by atoms with van der Waals surface area (Å²) in [6.07, 6.45) is 0. The zero-order valence-electron chi connectivity index (χ0n) is 19.0. The Hall–Kier alpha value is -4.17. The predicted molar refractivity (Wildman–Crippen MR) is 137 cm³/mol. The van der Waals surface area contributed by atoms with Crippen molar-refractivity contribution in [2.45, 2.75) is 0 Å². The van der Waals surface area contributed by atoms with Crippen molar-refractivity contribution in [2.75, 3.05) is 43.9 Å². The van der Waals surface area contributed by atoms with Crippen molar-refractivity contribution in [1.29, 1.82) is 0 Å². The molecule has 0 saturated carbocycles. The molecule has 4 aromatic rings. The topological polar surface area (TPSA) is 107 Å². The van der Waals surface area contributed by atoms with Gasteiger partial charge < -0.3 is 26.6 Å². The van der Waals surface area contributed by atoms with Crippen LogP contribution in [0.4, 0.5) is 16.2 Å². The number of amides is 3. The molecule has 8 heteroatoms. The molecular weight excluding hydrogens is 428 g/mol. The number of hydrogen-bond donors (Lipinski definition) is 5. The summed E-state index contributed by atoms with van der Waals surface area (Å²) in [7, 11) is 1.91. The Kier molecular flexibility index (Phi) is 7.52. The Morgan fingerprint density at radius 3 is 2.32 bits per heavy atom. The number of aromatic nitrogens is 1. The highest BCUT2D eigenvalue weighted by atomic mass is 16.2. The largest absolute Gasteiger partial charge is 0.383 e. The van der Waals surface area contributed by atoms with Crippen LogP contribution in [0.2, 0.25) is 0 Å². The van der Waals surface area contributed by atoms with Crippen LogP contribution in [0, 0.1) is 0 Å². The highest BCUT2D eigenvalue weighted by Gasteiger charge is 2.15. The number of likely N-dealkylation sites (N-methyl/N-ethyl adjacent to an activating group) is 1. The number of rotatable bonds is 9. The average Bonchev–Trinajstić information content (AvgIpc) is 2.86. The number of hydrogen-bond acceptors (Lipinski definition) is 5. The molecule has 34 heavy (non-hydrogen) atoms. The maximum Gasteiger partial charge on any atom is 0.319 e. The summed E-state index contributed by atoms with van der Waals surface area (Å²) >= 11 is 0. The molecule has 0 aliphatic heterocycles. The van der Waals surface area contributed by atoms with Gasteiger partial charge in [0.05, 0.1) is 22.3 Å². The standard InChI is InChI=1S/C26H28N6O2/c1-27-14-15-28-23-19-10-5-6-13-22(19)32-24-20(23)11-7-12-21(24)25(33)29-16-17-30-26(34)31-18-8-3-2-4-9-18/h2-13,27H,14-17H2,1H3,(H,28,32)(H,29,33)(H2,30,31,34). The average molecular weight is 457 g/mol. The highest BCUT2D eigenvalue weighted by molar-refractivity contribution is 6.14. The lowest BCUT2D eigenvalue weighted by molar-refractivity contribution is 0.0955. The van der Waals surface area contributed by atoms with E-state index >= 15 is 0 Å². The van der Waals surface area contributed by atoms with E-state index in [0.717, 1.165) is 35.1 Å². The molecule has 0 aliphatic rings. The van der Waals surface area contributed by atoms with Gasteiger partial charge >= 0.3 is 6.03 Å². The Morgan fingerprint density at radius 2 is 1.50 bits per heavy atom. The van der Waals surface area contributed by atoms with Crippen molar-refractivity contribution in [3.63, 3.8) is 0 Å². The molecule has 0 fully saturated rings. The fraction of sp³-hybridized carbons (Fsp3) is 0.192. The smallest absolute Gasteiger partial charge is 0.319 e. The van der Waals surface area contributed by atoms with Gasteiger partial charge in [-0.2, -0.15) is 0 Å². The van der Waals surface area contributed by atoms with Crippen molar-refractivity contribution in [1.82, 2.24) is 20.9 Å². The van der Waals surface area contributed by atoms with E-state index in [1.54, 1.807) is 18.2 Å². The summed E-state index contributed by atoms with van der Waals surface area (Å²) in [5, 5.41) is 16.9. The first-order chi connectivity index (χ1) is 16.7. The summed E-state index contributed by atoms with van der Waals surface area (Å²) in [4.78, 5) is 29.8. The SMILES string of the molecule is CNCCNc1c2ccccc2nc2c(C(=O)NCCNC(=O)Nc3ccccc3)cccc12. The third-order valence-electron chi connectivity index (χ3n) is 5.36. The van der Waals surface area contributed by atoms with Gasteiger partial charge in [-0.25, -0.2) is 9.78 Å². The molecule has 174 valence electrons. The first-order valence-electron chi connectivity index (χ1n) is 11.3. The molecule has 0 spiro atoms. The molecule has 0 radical (unpaired) electrons. The fourth-order valence-electron chi connectivity index (χ4n) is 3.74. The first-order valence-corrected chi connectivity index (χ1v) is 11.3. The van der Waals surface area contributed by atoms with Gasteiger partial charge in [-0.3, -0.25) is 4.79 Å². The van der Waals surface area contributed by atoms with Gasteiger partial charge in [0, 0.05) is 42.6 Å². The number of pyridine rings is 1. The molecule has 1 aromatic heterocycles. The molecule has 1 heterocycles. The van der Waals surface area contributed by atoms with Crippen molar-refractivity contribution >= 4 is 45.1 Å². The number of nitrogens with one attached hydrogen (secondary N) is 5. The second kappa shape index (κ2) is 11.1. The van der Waals surface area contributed by atoms with Crippen LogP contribution in [0.15, 0.2) is 72.8 Å². The number of benzene rings is 3. The summed E-state index contributed by atoms with van der Waals surface area (Å²) in [6, 6.07) is 22.4. The van der Waals surface area contributed by atoms with Crippen LogP contribution < -0.4 is 26.6 Å². The van der Waals surface area contributed by atoms with Crippen LogP contribution in [-0.2, 0) is 0 Å². The summed E-state index contributed by atoms with van der Waals surface area (Å²) in [5.74, 6) is -0.236. The number of anilines is 2. The lowest BCUT2D eigenvalue weighted by Gasteiger charge is -2.15. The van der Waals surface area contributed by atoms with Crippen molar-refractivity contribution in [2.24, 2.45) is 0 Å². The quantitative estimate of drug-likeness (QED) is 0.196. The summed E-state index contributed by atoms with van der Waals surface area (Å²) in [6.45, 7) is 2.14. The fourth-order valence-corrected chi connectivity index (χ4v) is 3.74. The predicted octanol–water partition coefficient (Wildman–Crippen LogP) is 3.57.